The van der Waals surface area contributed by atoms with Gasteiger partial charge < -0.3 is 19.4 Å². The summed E-state index contributed by atoms with van der Waals surface area (Å²) >= 11 is 0. The van der Waals surface area contributed by atoms with E-state index in [-0.39, 0.29) is 11.8 Å². The predicted octanol–water partition coefficient (Wildman–Crippen LogP) is 5.67. The fraction of sp³-hybridized carbons (Fsp3) is 0.542. The Morgan fingerprint density at radius 3 is 2.51 bits per heavy atom. The maximum atomic E-state index is 14.2. The van der Waals surface area contributed by atoms with E-state index in [1.807, 2.05) is 4.57 Å². The number of nitrogens with one attached hydrogen (secondary N) is 1. The third kappa shape index (κ3) is 7.60. The minimum atomic E-state index is -0.944. The normalized spacial score (nSPS) is 16.5. The van der Waals surface area contributed by atoms with Crippen molar-refractivity contribution in [2.75, 3.05) is 5.75 Å². The number of amides is 1. The first-order valence-electron chi connectivity index (χ1n) is 11.3. The summed E-state index contributed by atoms with van der Waals surface area (Å²) in [6, 6.07) is 1.11. The first-order chi connectivity index (χ1) is 16.2. The number of rotatable bonds is 7. The van der Waals surface area contributed by atoms with E-state index in [9.17, 15) is 18.4 Å². The van der Waals surface area contributed by atoms with Crippen LogP contribution in [0.1, 0.15) is 65.1 Å². The van der Waals surface area contributed by atoms with E-state index in [1.165, 1.54) is 27.7 Å². The number of nitrogens with zero attached hydrogens (tertiary/aromatic N) is 2. The van der Waals surface area contributed by atoms with Crippen molar-refractivity contribution in [3.8, 4) is 0 Å². The van der Waals surface area contributed by atoms with Gasteiger partial charge in [0.1, 0.15) is 28.9 Å². The molecule has 1 aliphatic rings. The average molecular weight is 528 g/mol. The third-order valence-electron chi connectivity index (χ3n) is 4.94. The number of hydrogen-bond donors (Lipinski definition) is 1. The fourth-order valence-electron chi connectivity index (χ4n) is 3.66. The first-order valence-corrected chi connectivity index (χ1v) is 13.6. The molecule has 1 amide bonds. The predicted molar refractivity (Wildman–Crippen MR) is 132 cm³/mol. The van der Waals surface area contributed by atoms with Crippen LogP contribution < -0.4 is 5.32 Å². The first kappa shape index (κ1) is 27.3. The number of ether oxygens (including phenoxy) is 2. The van der Waals surface area contributed by atoms with Crippen molar-refractivity contribution in [1.29, 1.82) is 0 Å². The molecule has 7 nitrogen and oxygen atoms in total. The van der Waals surface area contributed by atoms with E-state index >= 15 is 0 Å². The van der Waals surface area contributed by atoms with Crippen LogP contribution in [0.15, 0.2) is 29.7 Å². The van der Waals surface area contributed by atoms with Gasteiger partial charge in [0.25, 0.3) is 0 Å². The summed E-state index contributed by atoms with van der Waals surface area (Å²) in [4.78, 5) is 29.4. The molecule has 3 rings (SSSR count). The lowest BCUT2D eigenvalue weighted by atomic mass is 10.1. The topological polar surface area (TPSA) is 82.5 Å². The van der Waals surface area contributed by atoms with Crippen LogP contribution in [0.2, 0.25) is 0 Å². The second-order valence-electron chi connectivity index (χ2n) is 10.2. The van der Waals surface area contributed by atoms with Crippen LogP contribution in [0.5, 0.6) is 0 Å². The molecule has 1 aromatic carbocycles. The number of alkyl carbamates (subject to hydrolysis) is 1. The van der Waals surface area contributed by atoms with Crippen LogP contribution in [0.25, 0.3) is 0 Å². The van der Waals surface area contributed by atoms with Crippen LogP contribution in [0, 0.1) is 11.6 Å². The third-order valence-corrected chi connectivity index (χ3v) is 7.20. The van der Waals surface area contributed by atoms with E-state index in [2.05, 4.69) is 10.3 Å². The van der Waals surface area contributed by atoms with Crippen molar-refractivity contribution >= 4 is 33.7 Å². The Kier molecular flexibility index (Phi) is 8.41. The molecule has 1 N–H and O–H groups in total. The van der Waals surface area contributed by atoms with Crippen molar-refractivity contribution in [2.24, 2.45) is 0 Å². The molecule has 2 atom stereocenters. The molecule has 11 heteroatoms. The lowest BCUT2D eigenvalue weighted by molar-refractivity contribution is -0.156. The summed E-state index contributed by atoms with van der Waals surface area (Å²) in [6.45, 7) is 10.5. The van der Waals surface area contributed by atoms with E-state index < -0.39 is 40.9 Å². The molecule has 0 saturated heterocycles. The van der Waals surface area contributed by atoms with Gasteiger partial charge in [-0.3, -0.25) is 0 Å². The Balaban J connectivity index is 1.69. The zero-order valence-electron chi connectivity index (χ0n) is 20.7. The van der Waals surface area contributed by atoms with Gasteiger partial charge in [0.05, 0.1) is 6.04 Å². The molecule has 1 aliphatic carbocycles. The van der Waals surface area contributed by atoms with Crippen molar-refractivity contribution < 1.29 is 27.8 Å². The zero-order valence-corrected chi connectivity index (χ0v) is 22.3. The highest BCUT2D eigenvalue weighted by Crippen LogP contribution is 2.40. The van der Waals surface area contributed by atoms with E-state index in [0.717, 1.165) is 6.07 Å². The number of imidazole rings is 1. The van der Waals surface area contributed by atoms with Crippen molar-refractivity contribution in [2.45, 2.75) is 82.8 Å². The summed E-state index contributed by atoms with van der Waals surface area (Å²) in [6.07, 6.45) is 3.83. The van der Waals surface area contributed by atoms with Crippen molar-refractivity contribution in [3.63, 3.8) is 0 Å². The molecular weight excluding hydrogens is 496 g/mol. The average Bonchev–Trinajstić information content (AvgIpc) is 3.30. The highest BCUT2D eigenvalue weighted by Gasteiger charge is 2.31. The molecule has 192 valence electrons. The second kappa shape index (κ2) is 10.8. The molecule has 0 fully saturated rings. The van der Waals surface area contributed by atoms with E-state index in [1.54, 1.807) is 53.9 Å². The fourth-order valence-corrected chi connectivity index (χ4v) is 5.88. The molecule has 0 saturated carbocycles. The number of halogens is 2. The van der Waals surface area contributed by atoms with Crippen molar-refractivity contribution in [3.05, 3.63) is 47.3 Å². The zero-order chi connectivity index (χ0) is 26.0. The van der Waals surface area contributed by atoms with Gasteiger partial charge in [-0.05, 0) is 82.4 Å². The van der Waals surface area contributed by atoms with Crippen LogP contribution in [-0.4, -0.2) is 44.6 Å². The minimum absolute atomic E-state index is 0.191. The Labute approximate surface area is 212 Å². The Hall–Kier alpha value is -2.27. The van der Waals surface area contributed by atoms with Gasteiger partial charge in [-0.1, -0.05) is 10.8 Å². The maximum Gasteiger partial charge on any atom is 0.408 e. The number of carbonyl (C=O) groups excluding carboxylic acids is 2. The van der Waals surface area contributed by atoms with E-state index in [0.29, 0.717) is 29.1 Å². The quantitative estimate of drug-likeness (QED) is 0.367. The van der Waals surface area contributed by atoms with E-state index in [4.69, 9.17) is 9.47 Å². The van der Waals surface area contributed by atoms with Gasteiger partial charge in [-0.25, -0.2) is 23.4 Å². The molecule has 1 heterocycles. The minimum Gasteiger partial charge on any atom is -0.458 e. The summed E-state index contributed by atoms with van der Waals surface area (Å²) in [5, 5.41) is 3.21. The molecular formula is C24H31F2N3O4S2. The molecule has 35 heavy (non-hydrogen) atoms. The molecule has 0 spiro atoms. The van der Waals surface area contributed by atoms with Gasteiger partial charge in [-0.15, -0.1) is 0 Å². The highest BCUT2D eigenvalue weighted by atomic mass is 33.1. The number of esters is 1. The highest BCUT2D eigenvalue weighted by molar-refractivity contribution is 8.76. The molecule has 2 aromatic rings. The standard InChI is InChI=1S/C24H31F2N3O4S2/c1-23(2,3)32-20(30)18(28-22(31)33-24(4,5)6)13-34-35-21-27-9-10-29(21)19-8-7-15-16(19)11-14(25)12-17(15)26/h9-12,18-19H,7-8,13H2,1-6H3,(H,28,31)/t18-,19?/m0/s1. The monoisotopic (exact) mass is 527 g/mol. The number of carbonyl (C=O) groups is 2. The maximum absolute atomic E-state index is 14.2. The Bertz CT molecular complexity index is 1080. The summed E-state index contributed by atoms with van der Waals surface area (Å²) in [5.41, 5.74) is -0.295. The lowest BCUT2D eigenvalue weighted by Crippen LogP contribution is -2.47. The van der Waals surface area contributed by atoms with Gasteiger partial charge in [0.2, 0.25) is 0 Å². The Morgan fingerprint density at radius 2 is 1.86 bits per heavy atom. The second-order valence-corrected chi connectivity index (χ2v) is 12.5. The smallest absolute Gasteiger partial charge is 0.408 e. The Morgan fingerprint density at radius 1 is 1.17 bits per heavy atom. The van der Waals surface area contributed by atoms with Crippen molar-refractivity contribution in [1.82, 2.24) is 14.9 Å². The molecule has 0 bridgehead atoms. The number of fused-ring (bicyclic) bond motifs is 1. The van der Waals surface area contributed by atoms with Gasteiger partial charge in [-0.2, -0.15) is 0 Å². The molecule has 0 radical (unpaired) electrons. The van der Waals surface area contributed by atoms with Crippen LogP contribution in [0.4, 0.5) is 13.6 Å². The molecule has 1 aromatic heterocycles. The van der Waals surface area contributed by atoms with Gasteiger partial charge in [0, 0.05) is 24.2 Å². The van der Waals surface area contributed by atoms with Gasteiger partial charge >= 0.3 is 12.1 Å². The van der Waals surface area contributed by atoms with Gasteiger partial charge in [0.15, 0.2) is 5.16 Å². The largest absolute Gasteiger partial charge is 0.458 e. The molecule has 1 unspecified atom stereocenters. The van der Waals surface area contributed by atoms with Crippen LogP contribution in [-0.2, 0) is 20.7 Å². The SMILES string of the molecule is CC(C)(C)OC(=O)N[C@@H](CSSc1nccn1C1CCc2c(F)cc(F)cc21)C(=O)OC(C)(C)C. The summed E-state index contributed by atoms with van der Waals surface area (Å²) in [7, 11) is 2.62. The summed E-state index contributed by atoms with van der Waals surface area (Å²) in [5.74, 6) is -1.52. The van der Waals surface area contributed by atoms with Crippen LogP contribution in [0.3, 0.4) is 0 Å². The van der Waals surface area contributed by atoms with Crippen LogP contribution >= 0.6 is 21.6 Å². The number of benzene rings is 1. The number of hydrogen-bond acceptors (Lipinski definition) is 7. The molecule has 0 aliphatic heterocycles. The lowest BCUT2D eigenvalue weighted by Gasteiger charge is -2.26. The summed E-state index contributed by atoms with van der Waals surface area (Å²) < 4.78 is 40.7. The number of aromatic nitrogens is 2.